The van der Waals surface area contributed by atoms with Gasteiger partial charge in [-0.3, -0.25) is 4.79 Å². The van der Waals surface area contributed by atoms with Gasteiger partial charge in [0.15, 0.2) is 6.04 Å². The van der Waals surface area contributed by atoms with Gasteiger partial charge in [0.2, 0.25) is 5.91 Å². The van der Waals surface area contributed by atoms with Crippen LogP contribution in [0.25, 0.3) is 0 Å². The number of benzene rings is 1. The molecule has 0 aliphatic carbocycles. The van der Waals surface area contributed by atoms with Crippen LogP contribution in [-0.4, -0.2) is 25.6 Å². The summed E-state index contributed by atoms with van der Waals surface area (Å²) in [6.07, 6.45) is 1.10. The molecule has 5 nitrogen and oxygen atoms in total. The van der Waals surface area contributed by atoms with Gasteiger partial charge in [-0.1, -0.05) is 12.6 Å². The molecule has 1 atom stereocenters. The van der Waals surface area contributed by atoms with Crippen molar-refractivity contribution in [3.63, 3.8) is 0 Å². The number of hydrogen-bond acceptors (Lipinski definition) is 4. The van der Waals surface area contributed by atoms with Crippen LogP contribution in [0.3, 0.4) is 0 Å². The maximum atomic E-state index is 11.9. The Morgan fingerprint density at radius 2 is 2.20 bits per heavy atom. The summed E-state index contributed by atoms with van der Waals surface area (Å²) in [6.45, 7) is 5.30. The molecule has 0 aromatic heterocycles. The van der Waals surface area contributed by atoms with Gasteiger partial charge in [0, 0.05) is 0 Å². The van der Waals surface area contributed by atoms with Crippen LogP contribution in [0.4, 0.5) is 0 Å². The summed E-state index contributed by atoms with van der Waals surface area (Å²) in [5, 5.41) is 2.54. The molecule has 1 aromatic carbocycles. The molecule has 0 heterocycles. The zero-order valence-electron chi connectivity index (χ0n) is 11.3. The van der Waals surface area contributed by atoms with Crippen molar-refractivity contribution in [2.24, 2.45) is 0 Å². The molecule has 1 unspecified atom stereocenters. The maximum absolute atomic E-state index is 11.9. The monoisotopic (exact) mass is 341 g/mol. The smallest absolute Gasteiger partial charge is 0.333 e. The van der Waals surface area contributed by atoms with Crippen molar-refractivity contribution in [3.05, 3.63) is 40.9 Å². The molecular weight excluding hydrogens is 326 g/mol. The molecule has 20 heavy (non-hydrogen) atoms. The van der Waals surface area contributed by atoms with E-state index in [1.54, 1.807) is 32.2 Å². The lowest BCUT2D eigenvalue weighted by Crippen LogP contribution is -2.33. The van der Waals surface area contributed by atoms with E-state index in [1.807, 2.05) is 0 Å². The van der Waals surface area contributed by atoms with Gasteiger partial charge in [-0.25, -0.2) is 4.79 Å². The number of carbonyl (C=O) groups is 2. The minimum atomic E-state index is -0.886. The highest BCUT2D eigenvalue weighted by molar-refractivity contribution is 9.10. The van der Waals surface area contributed by atoms with Crippen LogP contribution in [0, 0.1) is 0 Å². The minimum Gasteiger partial charge on any atom is -0.496 e. The number of halogens is 1. The van der Waals surface area contributed by atoms with Crippen molar-refractivity contribution in [1.29, 1.82) is 0 Å². The average Bonchev–Trinajstić information content (AvgIpc) is 2.44. The molecule has 6 heteroatoms. The van der Waals surface area contributed by atoms with Gasteiger partial charge in [0.25, 0.3) is 0 Å². The van der Waals surface area contributed by atoms with E-state index >= 15 is 0 Å². The molecule has 0 saturated heterocycles. The zero-order chi connectivity index (χ0) is 15.1. The third kappa shape index (κ3) is 4.09. The van der Waals surface area contributed by atoms with Gasteiger partial charge >= 0.3 is 5.97 Å². The van der Waals surface area contributed by atoms with Crippen LogP contribution in [-0.2, 0) is 14.3 Å². The van der Waals surface area contributed by atoms with E-state index in [9.17, 15) is 9.59 Å². The van der Waals surface area contributed by atoms with Crippen LogP contribution in [0.5, 0.6) is 5.75 Å². The minimum absolute atomic E-state index is 0.233. The molecule has 1 amide bonds. The van der Waals surface area contributed by atoms with E-state index in [4.69, 9.17) is 9.47 Å². The first-order chi connectivity index (χ1) is 9.53. The molecular formula is C14H16BrNO4. The molecule has 1 aromatic rings. The molecule has 0 radical (unpaired) electrons. The molecule has 1 rings (SSSR count). The topological polar surface area (TPSA) is 64.6 Å². The predicted octanol–water partition coefficient (Wildman–Crippen LogP) is 2.36. The third-order valence-electron chi connectivity index (χ3n) is 2.50. The molecule has 0 aliphatic rings. The summed E-state index contributed by atoms with van der Waals surface area (Å²) in [7, 11) is 1.54. The molecule has 0 spiro atoms. The van der Waals surface area contributed by atoms with Gasteiger partial charge in [-0.15, -0.1) is 0 Å². The zero-order valence-corrected chi connectivity index (χ0v) is 12.9. The highest BCUT2D eigenvalue weighted by Crippen LogP contribution is 2.28. The largest absolute Gasteiger partial charge is 0.496 e. The third-order valence-corrected chi connectivity index (χ3v) is 3.12. The standard InChI is InChI=1S/C14H16BrNO4/c1-4-12(17)16-13(14(18)20-5-2)9-6-7-11(19-3)10(15)8-9/h4,6-8,13H,1,5H2,2-3H3,(H,16,17). The highest BCUT2D eigenvalue weighted by atomic mass is 79.9. The Kier molecular flexibility index (Phi) is 6.24. The van der Waals surface area contributed by atoms with Crippen molar-refractivity contribution < 1.29 is 19.1 Å². The lowest BCUT2D eigenvalue weighted by molar-refractivity contribution is -0.147. The van der Waals surface area contributed by atoms with Crippen LogP contribution < -0.4 is 10.1 Å². The lowest BCUT2D eigenvalue weighted by Gasteiger charge is -2.17. The Hall–Kier alpha value is -1.82. The van der Waals surface area contributed by atoms with E-state index in [-0.39, 0.29) is 6.61 Å². The van der Waals surface area contributed by atoms with Gasteiger partial charge in [-0.2, -0.15) is 0 Å². The number of carbonyl (C=O) groups excluding carboxylic acids is 2. The Bertz CT molecular complexity index is 516. The number of amides is 1. The van der Waals surface area contributed by atoms with E-state index in [0.29, 0.717) is 15.8 Å². The van der Waals surface area contributed by atoms with Crippen molar-refractivity contribution in [1.82, 2.24) is 5.32 Å². The summed E-state index contributed by atoms with van der Waals surface area (Å²) in [6, 6.07) is 4.20. The summed E-state index contributed by atoms with van der Waals surface area (Å²) in [4.78, 5) is 23.4. The Balaban J connectivity index is 3.08. The first-order valence-corrected chi connectivity index (χ1v) is 6.75. The molecule has 0 aliphatic heterocycles. The van der Waals surface area contributed by atoms with Crippen molar-refractivity contribution in [3.8, 4) is 5.75 Å². The maximum Gasteiger partial charge on any atom is 0.333 e. The van der Waals surface area contributed by atoms with Crippen LogP contribution >= 0.6 is 15.9 Å². The van der Waals surface area contributed by atoms with E-state index < -0.39 is 17.9 Å². The predicted molar refractivity (Wildman–Crippen MR) is 78.4 cm³/mol. The normalized spacial score (nSPS) is 11.3. The second-order valence-electron chi connectivity index (χ2n) is 3.79. The second kappa shape index (κ2) is 7.69. The number of hydrogen-bond donors (Lipinski definition) is 1. The van der Waals surface area contributed by atoms with Crippen LogP contribution in [0.1, 0.15) is 18.5 Å². The second-order valence-corrected chi connectivity index (χ2v) is 4.65. The van der Waals surface area contributed by atoms with Crippen molar-refractivity contribution in [2.45, 2.75) is 13.0 Å². The molecule has 0 bridgehead atoms. The fourth-order valence-corrected chi connectivity index (χ4v) is 2.13. The summed E-state index contributed by atoms with van der Waals surface area (Å²) >= 11 is 3.34. The Labute approximate surface area is 126 Å². The fraction of sp³-hybridized carbons (Fsp3) is 0.286. The lowest BCUT2D eigenvalue weighted by atomic mass is 10.1. The average molecular weight is 342 g/mol. The summed E-state index contributed by atoms with van der Waals surface area (Å²) < 4.78 is 10.8. The Morgan fingerprint density at radius 1 is 1.50 bits per heavy atom. The van der Waals surface area contributed by atoms with Crippen LogP contribution in [0.15, 0.2) is 35.3 Å². The first kappa shape index (κ1) is 16.2. The molecule has 0 fully saturated rings. The highest BCUT2D eigenvalue weighted by Gasteiger charge is 2.24. The van der Waals surface area contributed by atoms with E-state index in [1.165, 1.54) is 0 Å². The number of methoxy groups -OCH3 is 1. The van der Waals surface area contributed by atoms with E-state index in [0.717, 1.165) is 6.08 Å². The molecule has 108 valence electrons. The fourth-order valence-electron chi connectivity index (χ4n) is 1.57. The van der Waals surface area contributed by atoms with E-state index in [2.05, 4.69) is 27.8 Å². The number of ether oxygens (including phenoxy) is 2. The number of nitrogens with one attached hydrogen (secondary N) is 1. The molecule has 1 N–H and O–H groups in total. The summed E-state index contributed by atoms with van der Waals surface area (Å²) in [5.74, 6) is -0.346. The number of rotatable bonds is 6. The van der Waals surface area contributed by atoms with Crippen molar-refractivity contribution >= 4 is 27.8 Å². The molecule has 0 saturated carbocycles. The SMILES string of the molecule is C=CC(=O)NC(C(=O)OCC)c1ccc(OC)c(Br)c1. The van der Waals surface area contributed by atoms with Gasteiger partial charge < -0.3 is 14.8 Å². The first-order valence-electron chi connectivity index (χ1n) is 5.96. The van der Waals surface area contributed by atoms with Gasteiger partial charge in [0.05, 0.1) is 18.2 Å². The Morgan fingerprint density at radius 3 is 2.70 bits per heavy atom. The van der Waals surface area contributed by atoms with Crippen molar-refractivity contribution in [2.75, 3.05) is 13.7 Å². The summed E-state index contributed by atoms with van der Waals surface area (Å²) in [5.41, 5.74) is 0.589. The van der Waals surface area contributed by atoms with Crippen LogP contribution in [0.2, 0.25) is 0 Å². The quantitative estimate of drug-likeness (QED) is 0.637. The van der Waals surface area contributed by atoms with Gasteiger partial charge in [-0.05, 0) is 46.6 Å². The number of esters is 1. The van der Waals surface area contributed by atoms with Gasteiger partial charge in [0.1, 0.15) is 5.75 Å².